The van der Waals surface area contributed by atoms with E-state index in [9.17, 15) is 9.90 Å². The summed E-state index contributed by atoms with van der Waals surface area (Å²) in [5.74, 6) is 0. The molecule has 2 fully saturated rings. The largest absolute Gasteiger partial charge is 0.465 e. The smallest absolute Gasteiger partial charge is 0.407 e. The molecule has 0 bridgehead atoms. The molecule has 1 aromatic rings. The first-order valence-electron chi connectivity index (χ1n) is 8.33. The van der Waals surface area contributed by atoms with Crippen molar-refractivity contribution in [2.75, 3.05) is 19.7 Å². The van der Waals surface area contributed by atoms with Crippen LogP contribution in [0.5, 0.6) is 0 Å². The third-order valence-electron chi connectivity index (χ3n) is 5.40. The summed E-state index contributed by atoms with van der Waals surface area (Å²) in [5, 5.41) is 9.18. The Morgan fingerprint density at radius 3 is 2.59 bits per heavy atom. The van der Waals surface area contributed by atoms with Gasteiger partial charge < -0.3 is 14.7 Å². The second-order valence-electron chi connectivity index (χ2n) is 6.62. The molecule has 0 saturated carbocycles. The Kier molecular flexibility index (Phi) is 4.67. The number of rotatable bonds is 4. The van der Waals surface area contributed by atoms with Gasteiger partial charge in [0.05, 0.1) is 6.10 Å². The van der Waals surface area contributed by atoms with Gasteiger partial charge in [0.2, 0.25) is 0 Å². The molecular formula is C18H25NO3. The van der Waals surface area contributed by atoms with Gasteiger partial charge >= 0.3 is 6.09 Å². The molecule has 0 aromatic heterocycles. The summed E-state index contributed by atoms with van der Waals surface area (Å²) in [6.45, 7) is 2.15. The Hall–Kier alpha value is -1.55. The van der Waals surface area contributed by atoms with E-state index in [0.29, 0.717) is 19.2 Å². The quantitative estimate of drug-likeness (QED) is 0.925. The van der Waals surface area contributed by atoms with Crippen LogP contribution >= 0.6 is 0 Å². The van der Waals surface area contributed by atoms with Crippen molar-refractivity contribution in [3.63, 3.8) is 0 Å². The number of aryl methyl sites for hydroxylation is 1. The monoisotopic (exact) mass is 303 g/mol. The average Bonchev–Trinajstić information content (AvgIpc) is 3.09. The molecule has 2 saturated heterocycles. The van der Waals surface area contributed by atoms with Crippen LogP contribution in [0.4, 0.5) is 4.79 Å². The Morgan fingerprint density at radius 1 is 1.27 bits per heavy atom. The van der Waals surface area contributed by atoms with E-state index in [2.05, 4.69) is 24.3 Å². The third-order valence-corrected chi connectivity index (χ3v) is 5.40. The normalized spacial score (nSPS) is 24.4. The molecule has 2 aliphatic rings. The molecule has 2 heterocycles. The highest BCUT2D eigenvalue weighted by Crippen LogP contribution is 2.44. The number of piperidine rings is 1. The number of carbonyl (C=O) groups is 1. The summed E-state index contributed by atoms with van der Waals surface area (Å²) in [6, 6.07) is 10.6. The zero-order valence-corrected chi connectivity index (χ0v) is 13.0. The summed E-state index contributed by atoms with van der Waals surface area (Å²) >= 11 is 0. The maximum absolute atomic E-state index is 11.2. The van der Waals surface area contributed by atoms with Gasteiger partial charge in [-0.05, 0) is 44.1 Å². The highest BCUT2D eigenvalue weighted by atomic mass is 16.5. The van der Waals surface area contributed by atoms with Gasteiger partial charge in [-0.3, -0.25) is 0 Å². The van der Waals surface area contributed by atoms with E-state index in [1.54, 1.807) is 4.90 Å². The van der Waals surface area contributed by atoms with Gasteiger partial charge in [0.25, 0.3) is 0 Å². The topological polar surface area (TPSA) is 49.8 Å². The van der Waals surface area contributed by atoms with Gasteiger partial charge in [0, 0.05) is 25.1 Å². The van der Waals surface area contributed by atoms with E-state index in [1.165, 1.54) is 5.56 Å². The molecule has 0 aliphatic carbocycles. The number of likely N-dealkylation sites (tertiary alicyclic amines) is 1. The standard InChI is InChI=1S/C18H25NO3/c20-17(21)19-12-10-18(11-13-19,16-7-4-14-22-16)9-8-15-5-2-1-3-6-15/h1-3,5-6,16H,4,7-14H2,(H,20,21)/t16-/m0/s1. The first-order valence-corrected chi connectivity index (χ1v) is 8.33. The Labute approximate surface area is 132 Å². The zero-order valence-electron chi connectivity index (χ0n) is 13.0. The van der Waals surface area contributed by atoms with Crippen molar-refractivity contribution in [2.24, 2.45) is 5.41 Å². The minimum atomic E-state index is -0.788. The zero-order chi connectivity index (χ0) is 15.4. The average molecular weight is 303 g/mol. The second kappa shape index (κ2) is 6.69. The fourth-order valence-electron chi connectivity index (χ4n) is 3.97. The van der Waals surface area contributed by atoms with Crippen LogP contribution in [0.2, 0.25) is 0 Å². The molecule has 3 rings (SSSR count). The van der Waals surface area contributed by atoms with Crippen LogP contribution in [0.15, 0.2) is 30.3 Å². The number of hydrogen-bond donors (Lipinski definition) is 1. The molecule has 120 valence electrons. The van der Waals surface area contributed by atoms with Crippen molar-refractivity contribution in [3.8, 4) is 0 Å². The molecule has 4 heteroatoms. The van der Waals surface area contributed by atoms with Gasteiger partial charge in [-0.15, -0.1) is 0 Å². The van der Waals surface area contributed by atoms with Crippen molar-refractivity contribution >= 4 is 6.09 Å². The lowest BCUT2D eigenvalue weighted by molar-refractivity contribution is -0.0414. The molecule has 22 heavy (non-hydrogen) atoms. The van der Waals surface area contributed by atoms with Crippen molar-refractivity contribution in [2.45, 2.75) is 44.6 Å². The van der Waals surface area contributed by atoms with Crippen molar-refractivity contribution < 1.29 is 14.6 Å². The highest BCUT2D eigenvalue weighted by molar-refractivity contribution is 5.65. The van der Waals surface area contributed by atoms with E-state index >= 15 is 0 Å². The maximum Gasteiger partial charge on any atom is 0.407 e. The first kappa shape index (κ1) is 15.3. The SMILES string of the molecule is O=C(O)N1CCC(CCc2ccccc2)([C@@H]2CCCO2)CC1. The van der Waals surface area contributed by atoms with E-state index in [4.69, 9.17) is 4.74 Å². The Balaban J connectivity index is 1.69. The lowest BCUT2D eigenvalue weighted by Gasteiger charge is -2.44. The number of ether oxygens (including phenoxy) is 1. The minimum Gasteiger partial charge on any atom is -0.465 e. The fraction of sp³-hybridized carbons (Fsp3) is 0.611. The number of nitrogens with zero attached hydrogens (tertiary/aromatic N) is 1. The maximum atomic E-state index is 11.2. The van der Waals surface area contributed by atoms with E-state index in [0.717, 1.165) is 45.1 Å². The minimum absolute atomic E-state index is 0.151. The van der Waals surface area contributed by atoms with Crippen LogP contribution < -0.4 is 0 Å². The van der Waals surface area contributed by atoms with E-state index in [-0.39, 0.29) is 5.41 Å². The van der Waals surface area contributed by atoms with Crippen molar-refractivity contribution in [1.29, 1.82) is 0 Å². The summed E-state index contributed by atoms with van der Waals surface area (Å²) in [5.41, 5.74) is 1.51. The van der Waals surface area contributed by atoms with Crippen LogP contribution in [-0.4, -0.2) is 41.9 Å². The van der Waals surface area contributed by atoms with E-state index < -0.39 is 6.09 Å². The van der Waals surface area contributed by atoms with Gasteiger partial charge in [-0.1, -0.05) is 30.3 Å². The van der Waals surface area contributed by atoms with Crippen LogP contribution in [0.25, 0.3) is 0 Å². The van der Waals surface area contributed by atoms with Crippen LogP contribution in [0, 0.1) is 5.41 Å². The molecule has 1 amide bonds. The third kappa shape index (κ3) is 3.27. The summed E-state index contributed by atoms with van der Waals surface area (Å²) < 4.78 is 6.01. The predicted molar refractivity (Wildman–Crippen MR) is 85.0 cm³/mol. The molecule has 1 atom stereocenters. The Bertz CT molecular complexity index is 488. The number of amides is 1. The summed E-state index contributed by atoms with van der Waals surface area (Å²) in [6.07, 6.45) is 5.79. The molecule has 1 aromatic carbocycles. The molecule has 1 N–H and O–H groups in total. The number of carboxylic acid groups (broad SMARTS) is 1. The second-order valence-corrected chi connectivity index (χ2v) is 6.62. The summed E-state index contributed by atoms with van der Waals surface area (Å²) in [4.78, 5) is 12.7. The molecule has 0 unspecified atom stereocenters. The Morgan fingerprint density at radius 2 is 2.00 bits per heavy atom. The van der Waals surface area contributed by atoms with Crippen molar-refractivity contribution in [3.05, 3.63) is 35.9 Å². The lowest BCUT2D eigenvalue weighted by Crippen LogP contribution is -2.47. The van der Waals surface area contributed by atoms with Gasteiger partial charge in [-0.25, -0.2) is 4.79 Å². The number of benzene rings is 1. The van der Waals surface area contributed by atoms with Gasteiger partial charge in [0.1, 0.15) is 0 Å². The first-order chi connectivity index (χ1) is 10.7. The van der Waals surface area contributed by atoms with Crippen LogP contribution in [0.3, 0.4) is 0 Å². The van der Waals surface area contributed by atoms with Crippen LogP contribution in [-0.2, 0) is 11.2 Å². The van der Waals surface area contributed by atoms with Gasteiger partial charge in [0.15, 0.2) is 0 Å². The number of hydrogen-bond acceptors (Lipinski definition) is 2. The molecule has 4 nitrogen and oxygen atoms in total. The lowest BCUT2D eigenvalue weighted by atomic mass is 9.69. The molecular weight excluding hydrogens is 278 g/mol. The fourth-order valence-corrected chi connectivity index (χ4v) is 3.97. The van der Waals surface area contributed by atoms with Crippen molar-refractivity contribution in [1.82, 2.24) is 4.90 Å². The summed E-state index contributed by atoms with van der Waals surface area (Å²) in [7, 11) is 0. The molecule has 2 aliphatic heterocycles. The van der Waals surface area contributed by atoms with Gasteiger partial charge in [-0.2, -0.15) is 0 Å². The predicted octanol–water partition coefficient (Wildman–Crippen LogP) is 3.56. The van der Waals surface area contributed by atoms with E-state index in [1.807, 2.05) is 6.07 Å². The van der Waals surface area contributed by atoms with Crippen LogP contribution in [0.1, 0.15) is 37.7 Å². The molecule has 0 spiro atoms. The highest BCUT2D eigenvalue weighted by Gasteiger charge is 2.43. The molecule has 0 radical (unpaired) electrons.